The van der Waals surface area contributed by atoms with Crippen molar-refractivity contribution in [3.8, 4) is 5.75 Å². The van der Waals surface area contributed by atoms with Crippen LogP contribution in [0.5, 0.6) is 5.75 Å². The van der Waals surface area contributed by atoms with E-state index >= 15 is 0 Å². The molecule has 2 atom stereocenters. The molecule has 5 nitrogen and oxygen atoms in total. The Morgan fingerprint density at radius 1 is 0.929 bits per heavy atom. The molecule has 0 aliphatic heterocycles. The van der Waals surface area contributed by atoms with Gasteiger partial charge in [-0.1, -0.05) is 44.2 Å². The van der Waals surface area contributed by atoms with Gasteiger partial charge in [-0.3, -0.25) is 9.59 Å². The first-order valence-corrected chi connectivity index (χ1v) is 9.87. The van der Waals surface area contributed by atoms with E-state index in [0.717, 1.165) is 12.8 Å². The highest BCUT2D eigenvalue weighted by atomic mass is 16.5. The van der Waals surface area contributed by atoms with E-state index < -0.39 is 0 Å². The molecule has 0 bridgehead atoms. The zero-order valence-corrected chi connectivity index (χ0v) is 17.1. The highest BCUT2D eigenvalue weighted by Crippen LogP contribution is 2.20. The molecule has 1 N–H and O–H groups in total. The van der Waals surface area contributed by atoms with Crippen LogP contribution in [-0.4, -0.2) is 35.4 Å². The Bertz CT molecular complexity index is 766. The number of hydrogen-bond donors (Lipinski definition) is 1. The number of amides is 2. The van der Waals surface area contributed by atoms with Crippen molar-refractivity contribution in [2.24, 2.45) is 0 Å². The predicted molar refractivity (Wildman–Crippen MR) is 113 cm³/mol. The normalized spacial score (nSPS) is 12.7. The molecular weight excluding hydrogens is 352 g/mol. The number of carbonyl (C=O) groups excluding carboxylic acids is 2. The predicted octanol–water partition coefficient (Wildman–Crippen LogP) is 4.74. The lowest BCUT2D eigenvalue weighted by Crippen LogP contribution is -2.46. The molecular formula is C23H30N2O3. The summed E-state index contributed by atoms with van der Waals surface area (Å²) in [6.45, 7) is 8.13. The largest absolute Gasteiger partial charge is 0.483 e. The van der Waals surface area contributed by atoms with Crippen LogP contribution in [0.3, 0.4) is 0 Å². The Kier molecular flexibility index (Phi) is 8.05. The first kappa shape index (κ1) is 21.5. The second kappa shape index (κ2) is 10.5. The lowest BCUT2D eigenvalue weighted by atomic mass is 10.1. The SMILES string of the molecule is CC[C@H](C)N(C(=O)COc1ccccc1C(=O)Nc1ccccc1)[C@@H](C)CC. The minimum atomic E-state index is -0.269. The van der Waals surface area contributed by atoms with Gasteiger partial charge in [0.1, 0.15) is 5.75 Å². The van der Waals surface area contributed by atoms with Crippen LogP contribution in [0.2, 0.25) is 0 Å². The summed E-state index contributed by atoms with van der Waals surface area (Å²) in [7, 11) is 0. The smallest absolute Gasteiger partial charge is 0.260 e. The fraction of sp³-hybridized carbons (Fsp3) is 0.391. The summed E-state index contributed by atoms with van der Waals surface area (Å²) in [5, 5.41) is 2.85. The minimum absolute atomic E-state index is 0.0676. The fourth-order valence-electron chi connectivity index (χ4n) is 3.03. The number of anilines is 1. The molecule has 0 aliphatic rings. The second-order valence-corrected chi connectivity index (χ2v) is 6.92. The minimum Gasteiger partial charge on any atom is -0.483 e. The van der Waals surface area contributed by atoms with E-state index in [-0.39, 0.29) is 30.5 Å². The van der Waals surface area contributed by atoms with Crippen molar-refractivity contribution >= 4 is 17.5 Å². The molecule has 0 saturated carbocycles. The number of nitrogens with zero attached hydrogens (tertiary/aromatic N) is 1. The Morgan fingerprint density at radius 3 is 2.11 bits per heavy atom. The number of ether oxygens (including phenoxy) is 1. The zero-order valence-electron chi connectivity index (χ0n) is 17.1. The molecule has 0 aromatic heterocycles. The van der Waals surface area contributed by atoms with E-state index in [4.69, 9.17) is 4.74 Å². The maximum Gasteiger partial charge on any atom is 0.260 e. The van der Waals surface area contributed by atoms with Gasteiger partial charge in [0, 0.05) is 17.8 Å². The van der Waals surface area contributed by atoms with Crippen molar-refractivity contribution < 1.29 is 14.3 Å². The number of carbonyl (C=O) groups is 2. The summed E-state index contributed by atoms with van der Waals surface area (Å²) < 4.78 is 5.78. The molecule has 0 spiro atoms. The maximum absolute atomic E-state index is 12.8. The summed E-state index contributed by atoms with van der Waals surface area (Å²) in [4.78, 5) is 27.3. The number of nitrogens with one attached hydrogen (secondary N) is 1. The Labute approximate surface area is 167 Å². The van der Waals surface area contributed by atoms with E-state index in [2.05, 4.69) is 19.2 Å². The molecule has 2 aromatic rings. The van der Waals surface area contributed by atoms with Gasteiger partial charge in [-0.05, 0) is 51.0 Å². The van der Waals surface area contributed by atoms with Gasteiger partial charge in [0.2, 0.25) is 0 Å². The number of para-hydroxylation sites is 2. The third-order valence-electron chi connectivity index (χ3n) is 4.93. The molecule has 0 aliphatic carbocycles. The van der Waals surface area contributed by atoms with E-state index in [0.29, 0.717) is 17.0 Å². The molecule has 0 unspecified atom stereocenters. The van der Waals surface area contributed by atoms with E-state index in [1.807, 2.05) is 49.1 Å². The molecule has 2 amide bonds. The first-order valence-electron chi connectivity index (χ1n) is 9.87. The summed E-state index contributed by atoms with van der Waals surface area (Å²) >= 11 is 0. The van der Waals surface area contributed by atoms with Crippen molar-refractivity contribution in [1.29, 1.82) is 0 Å². The molecule has 2 rings (SSSR count). The molecule has 0 heterocycles. The molecule has 2 aromatic carbocycles. The van der Waals surface area contributed by atoms with Crippen LogP contribution in [0.4, 0.5) is 5.69 Å². The molecule has 0 fully saturated rings. The Hall–Kier alpha value is -2.82. The average Bonchev–Trinajstić information content (AvgIpc) is 2.72. The summed E-state index contributed by atoms with van der Waals surface area (Å²) in [5.41, 5.74) is 1.11. The topological polar surface area (TPSA) is 58.6 Å². The van der Waals surface area contributed by atoms with Crippen LogP contribution >= 0.6 is 0 Å². The fourth-order valence-corrected chi connectivity index (χ4v) is 3.03. The quantitative estimate of drug-likeness (QED) is 0.681. The number of benzene rings is 2. The third-order valence-corrected chi connectivity index (χ3v) is 4.93. The third kappa shape index (κ3) is 5.59. The van der Waals surface area contributed by atoms with E-state index in [9.17, 15) is 9.59 Å². The lowest BCUT2D eigenvalue weighted by Gasteiger charge is -2.34. The number of rotatable bonds is 9. The summed E-state index contributed by atoms with van der Waals surface area (Å²) in [6.07, 6.45) is 1.76. The monoisotopic (exact) mass is 382 g/mol. The highest BCUT2D eigenvalue weighted by molar-refractivity contribution is 6.06. The van der Waals surface area contributed by atoms with Crippen LogP contribution in [0.1, 0.15) is 50.9 Å². The van der Waals surface area contributed by atoms with Crippen LogP contribution in [-0.2, 0) is 4.79 Å². The first-order chi connectivity index (χ1) is 13.5. The standard InChI is InChI=1S/C23H30N2O3/c1-5-17(3)25(18(4)6-2)22(26)16-28-21-15-11-10-14-20(21)23(27)24-19-12-8-7-9-13-19/h7-15,17-18H,5-6,16H2,1-4H3,(H,24,27)/t17-,18-/m0/s1. The Balaban J connectivity index is 2.10. The molecule has 28 heavy (non-hydrogen) atoms. The van der Waals surface area contributed by atoms with Crippen molar-refractivity contribution in [2.75, 3.05) is 11.9 Å². The Morgan fingerprint density at radius 2 is 1.50 bits per heavy atom. The average molecular weight is 383 g/mol. The molecule has 150 valence electrons. The molecule has 0 radical (unpaired) electrons. The van der Waals surface area contributed by atoms with Gasteiger partial charge in [0.25, 0.3) is 11.8 Å². The van der Waals surface area contributed by atoms with Gasteiger partial charge in [-0.15, -0.1) is 0 Å². The van der Waals surface area contributed by atoms with Gasteiger partial charge < -0.3 is 15.0 Å². The van der Waals surface area contributed by atoms with Gasteiger partial charge in [0.05, 0.1) is 5.56 Å². The van der Waals surface area contributed by atoms with Gasteiger partial charge >= 0.3 is 0 Å². The van der Waals surface area contributed by atoms with Gasteiger partial charge in [-0.2, -0.15) is 0 Å². The highest BCUT2D eigenvalue weighted by Gasteiger charge is 2.24. The second-order valence-electron chi connectivity index (χ2n) is 6.92. The van der Waals surface area contributed by atoms with Crippen molar-refractivity contribution in [2.45, 2.75) is 52.6 Å². The van der Waals surface area contributed by atoms with E-state index in [1.54, 1.807) is 24.3 Å². The number of hydrogen-bond acceptors (Lipinski definition) is 3. The summed E-state index contributed by atoms with van der Waals surface area (Å²) in [6, 6.07) is 16.5. The van der Waals surface area contributed by atoms with Crippen molar-refractivity contribution in [3.05, 3.63) is 60.2 Å². The van der Waals surface area contributed by atoms with Crippen molar-refractivity contribution in [1.82, 2.24) is 4.90 Å². The van der Waals surface area contributed by atoms with E-state index in [1.165, 1.54) is 0 Å². The molecule has 0 saturated heterocycles. The zero-order chi connectivity index (χ0) is 20.5. The lowest BCUT2D eigenvalue weighted by molar-refractivity contribution is -0.137. The van der Waals surface area contributed by atoms with Gasteiger partial charge in [0.15, 0.2) is 6.61 Å². The van der Waals surface area contributed by atoms with Crippen LogP contribution < -0.4 is 10.1 Å². The van der Waals surface area contributed by atoms with Crippen LogP contribution in [0.15, 0.2) is 54.6 Å². The van der Waals surface area contributed by atoms with Gasteiger partial charge in [-0.25, -0.2) is 0 Å². The summed E-state index contributed by atoms with van der Waals surface area (Å²) in [5.74, 6) is 0.0643. The van der Waals surface area contributed by atoms with Crippen molar-refractivity contribution in [3.63, 3.8) is 0 Å². The molecule has 5 heteroatoms. The van der Waals surface area contributed by atoms with Crippen LogP contribution in [0, 0.1) is 0 Å². The van der Waals surface area contributed by atoms with Crippen LogP contribution in [0.25, 0.3) is 0 Å². The maximum atomic E-state index is 12.8.